The molecule has 3 atom stereocenters. The Morgan fingerprint density at radius 2 is 2.25 bits per heavy atom. The summed E-state index contributed by atoms with van der Waals surface area (Å²) in [5.41, 5.74) is 1.18. The van der Waals surface area contributed by atoms with E-state index in [4.69, 9.17) is 0 Å². The molecule has 1 heterocycles. The summed E-state index contributed by atoms with van der Waals surface area (Å²) in [6.45, 7) is 2.14. The van der Waals surface area contributed by atoms with E-state index in [9.17, 15) is 8.42 Å². The predicted molar refractivity (Wildman–Crippen MR) is 80.5 cm³/mol. The first kappa shape index (κ1) is 15.5. The quantitative estimate of drug-likeness (QED) is 0.904. The van der Waals surface area contributed by atoms with Crippen LogP contribution in [0.3, 0.4) is 0 Å². The summed E-state index contributed by atoms with van der Waals surface area (Å²) < 4.78 is 25.4. The van der Waals surface area contributed by atoms with E-state index in [-0.39, 0.29) is 11.3 Å². The van der Waals surface area contributed by atoms with E-state index in [2.05, 4.69) is 23.5 Å². The van der Waals surface area contributed by atoms with Gasteiger partial charge in [-0.2, -0.15) is 5.10 Å². The molecule has 1 aliphatic rings. The Bertz CT molecular complexity index is 534. The van der Waals surface area contributed by atoms with E-state index in [1.54, 1.807) is 0 Å². The summed E-state index contributed by atoms with van der Waals surface area (Å²) in [7, 11) is -0.989. The summed E-state index contributed by atoms with van der Waals surface area (Å²) in [6.07, 6.45) is 9.79. The maximum Gasteiger partial charge on any atom is 0.150 e. The molecule has 1 saturated carbocycles. The van der Waals surface area contributed by atoms with Crippen molar-refractivity contribution in [3.8, 4) is 0 Å². The molecule has 5 nitrogen and oxygen atoms in total. The van der Waals surface area contributed by atoms with Gasteiger partial charge in [-0.3, -0.25) is 4.68 Å². The number of hydrogen-bond donors (Lipinski definition) is 1. The molecule has 0 saturated heterocycles. The van der Waals surface area contributed by atoms with Crippen LogP contribution in [0.1, 0.15) is 56.7 Å². The Morgan fingerprint density at radius 1 is 1.50 bits per heavy atom. The molecule has 0 spiro atoms. The fourth-order valence-electron chi connectivity index (χ4n) is 3.09. The summed E-state index contributed by atoms with van der Waals surface area (Å²) in [4.78, 5) is 0. The molecular weight excluding hydrogens is 274 g/mol. The lowest BCUT2D eigenvalue weighted by Gasteiger charge is -2.28. The van der Waals surface area contributed by atoms with Crippen molar-refractivity contribution in [1.82, 2.24) is 15.1 Å². The van der Waals surface area contributed by atoms with Crippen LogP contribution in [-0.2, 0) is 9.84 Å². The van der Waals surface area contributed by atoms with E-state index in [1.165, 1.54) is 11.8 Å². The van der Waals surface area contributed by atoms with Crippen LogP contribution in [0.2, 0.25) is 0 Å². The van der Waals surface area contributed by atoms with Crippen LogP contribution in [0.15, 0.2) is 12.4 Å². The van der Waals surface area contributed by atoms with Crippen LogP contribution >= 0.6 is 0 Å². The van der Waals surface area contributed by atoms with E-state index in [0.29, 0.717) is 12.5 Å². The third kappa shape index (κ3) is 3.41. The highest BCUT2D eigenvalue weighted by Gasteiger charge is 2.30. The van der Waals surface area contributed by atoms with E-state index < -0.39 is 9.84 Å². The molecule has 0 aliphatic heterocycles. The molecule has 1 aromatic heterocycles. The van der Waals surface area contributed by atoms with Crippen LogP contribution in [0.4, 0.5) is 0 Å². The molecule has 1 N–H and O–H groups in total. The summed E-state index contributed by atoms with van der Waals surface area (Å²) >= 11 is 0. The molecule has 0 radical (unpaired) electrons. The molecule has 1 aliphatic carbocycles. The highest BCUT2D eigenvalue weighted by molar-refractivity contribution is 7.91. The van der Waals surface area contributed by atoms with E-state index in [0.717, 1.165) is 25.7 Å². The predicted octanol–water partition coefficient (Wildman–Crippen LogP) is 2.08. The van der Waals surface area contributed by atoms with Gasteiger partial charge in [0.25, 0.3) is 0 Å². The second kappa shape index (κ2) is 6.26. The Labute approximate surface area is 121 Å². The molecule has 1 aromatic rings. The normalized spacial score (nSPS) is 25.6. The maximum absolute atomic E-state index is 11.7. The number of hydrogen-bond acceptors (Lipinski definition) is 4. The van der Waals surface area contributed by atoms with Gasteiger partial charge >= 0.3 is 0 Å². The minimum absolute atomic E-state index is 0.208. The maximum atomic E-state index is 11.7. The smallest absolute Gasteiger partial charge is 0.150 e. The number of rotatable bonds is 5. The van der Waals surface area contributed by atoms with Crippen molar-refractivity contribution < 1.29 is 8.42 Å². The summed E-state index contributed by atoms with van der Waals surface area (Å²) in [5.74, 6) is 0. The van der Waals surface area contributed by atoms with Gasteiger partial charge in [-0.25, -0.2) is 8.42 Å². The Morgan fingerprint density at radius 3 is 2.85 bits per heavy atom. The highest BCUT2D eigenvalue weighted by atomic mass is 32.2. The highest BCUT2D eigenvalue weighted by Crippen LogP contribution is 2.32. The van der Waals surface area contributed by atoms with Crippen LogP contribution in [0, 0.1) is 0 Å². The first-order valence-corrected chi connectivity index (χ1v) is 9.31. The molecule has 0 aromatic carbocycles. The zero-order valence-corrected chi connectivity index (χ0v) is 13.4. The molecule has 6 heteroatoms. The third-order valence-corrected chi connectivity index (χ3v) is 6.00. The molecule has 0 bridgehead atoms. The Hall–Kier alpha value is -0.880. The Balaban J connectivity index is 2.12. The largest absolute Gasteiger partial charge is 0.313 e. The first-order valence-electron chi connectivity index (χ1n) is 7.35. The molecule has 0 amide bonds. The molecule has 3 unspecified atom stereocenters. The topological polar surface area (TPSA) is 64.0 Å². The van der Waals surface area contributed by atoms with Gasteiger partial charge in [0.2, 0.25) is 0 Å². The van der Waals surface area contributed by atoms with Gasteiger partial charge in [0, 0.05) is 24.1 Å². The first-order chi connectivity index (χ1) is 9.45. The molecule has 114 valence electrons. The van der Waals surface area contributed by atoms with Crippen molar-refractivity contribution in [3.63, 3.8) is 0 Å². The monoisotopic (exact) mass is 299 g/mol. The van der Waals surface area contributed by atoms with Crippen molar-refractivity contribution in [2.45, 2.75) is 56.4 Å². The molecule has 2 rings (SSSR count). The van der Waals surface area contributed by atoms with E-state index in [1.807, 2.05) is 17.9 Å². The Kier molecular flexibility index (Phi) is 4.86. The summed E-state index contributed by atoms with van der Waals surface area (Å²) in [6, 6.07) is 0.532. The van der Waals surface area contributed by atoms with Crippen molar-refractivity contribution in [2.75, 3.05) is 13.3 Å². The number of nitrogens with one attached hydrogen (secondary N) is 1. The average molecular weight is 299 g/mol. The lowest BCUT2D eigenvalue weighted by Crippen LogP contribution is -2.29. The summed E-state index contributed by atoms with van der Waals surface area (Å²) in [5, 5.41) is 7.51. The number of aromatic nitrogens is 2. The number of sulfone groups is 1. The number of nitrogens with zero attached hydrogens (tertiary/aromatic N) is 2. The van der Waals surface area contributed by atoms with Gasteiger partial charge in [-0.05, 0) is 32.7 Å². The zero-order valence-electron chi connectivity index (χ0n) is 12.5. The zero-order chi connectivity index (χ0) is 14.8. The molecular formula is C14H25N3O2S. The fourth-order valence-corrected chi connectivity index (χ4v) is 4.25. The average Bonchev–Trinajstić information content (AvgIpc) is 2.89. The lowest BCUT2D eigenvalue weighted by molar-refractivity contribution is 0.329. The van der Waals surface area contributed by atoms with Crippen LogP contribution in [0.25, 0.3) is 0 Å². The van der Waals surface area contributed by atoms with Gasteiger partial charge in [-0.1, -0.05) is 13.3 Å². The van der Waals surface area contributed by atoms with Crippen LogP contribution in [0.5, 0.6) is 0 Å². The molecule has 1 fully saturated rings. The molecule has 20 heavy (non-hydrogen) atoms. The second-order valence-electron chi connectivity index (χ2n) is 5.78. The van der Waals surface area contributed by atoms with Gasteiger partial charge in [0.1, 0.15) is 9.84 Å². The standard InChI is InChI=1S/C14H25N3O2S/c1-4-14(15-2)11-9-16-17(10-11)12-6-5-7-13(8-12)20(3,18)19/h9-10,12-15H,4-8H2,1-3H3. The van der Waals surface area contributed by atoms with Gasteiger partial charge in [-0.15, -0.1) is 0 Å². The minimum atomic E-state index is -2.94. The van der Waals surface area contributed by atoms with Crippen LogP contribution < -0.4 is 5.32 Å². The second-order valence-corrected chi connectivity index (χ2v) is 8.10. The van der Waals surface area contributed by atoms with Crippen molar-refractivity contribution >= 4 is 9.84 Å². The SMILES string of the molecule is CCC(NC)c1cnn(C2CCCC(S(C)(=O)=O)C2)c1. The van der Waals surface area contributed by atoms with Crippen molar-refractivity contribution in [3.05, 3.63) is 18.0 Å². The van der Waals surface area contributed by atoms with Gasteiger partial charge in [0.05, 0.1) is 17.5 Å². The minimum Gasteiger partial charge on any atom is -0.313 e. The van der Waals surface area contributed by atoms with E-state index >= 15 is 0 Å². The fraction of sp³-hybridized carbons (Fsp3) is 0.786. The van der Waals surface area contributed by atoms with Gasteiger partial charge < -0.3 is 5.32 Å². The van der Waals surface area contributed by atoms with Crippen molar-refractivity contribution in [2.24, 2.45) is 0 Å². The van der Waals surface area contributed by atoms with Crippen molar-refractivity contribution in [1.29, 1.82) is 0 Å². The van der Waals surface area contributed by atoms with Gasteiger partial charge in [0.15, 0.2) is 0 Å². The lowest BCUT2D eigenvalue weighted by atomic mass is 9.95. The third-order valence-electron chi connectivity index (χ3n) is 4.36. The van der Waals surface area contributed by atoms with Crippen LogP contribution in [-0.4, -0.2) is 36.8 Å².